The molecule has 1 N–H and O–H groups in total. The first kappa shape index (κ1) is 23.9. The van der Waals surface area contributed by atoms with Gasteiger partial charge in [-0.3, -0.25) is 4.90 Å². The molecule has 1 aliphatic rings. The Balaban J connectivity index is 0.00000144. The van der Waals surface area contributed by atoms with Gasteiger partial charge in [0.15, 0.2) is 0 Å². The number of halogens is 2. The molecule has 0 amide bonds. The van der Waals surface area contributed by atoms with Gasteiger partial charge in [0, 0.05) is 38.1 Å². The molecular weight excluding hydrogens is 445 g/mol. The fourth-order valence-electron chi connectivity index (χ4n) is 3.87. The summed E-state index contributed by atoms with van der Waals surface area (Å²) in [7, 11) is 0. The standard InChI is InChI=1S/C24H25N5O.2ClH/c1-2-7-19(8-3-1)18-28-12-14-29(15-13-28)24-26-22-11-5-4-10-21(22)23(27-24)25-17-20-9-6-16-30-20;;/h1-11,16H,12-15,17-18H2,(H,25,26,27);2*1H. The van der Waals surface area contributed by atoms with Crippen LogP contribution in [0.25, 0.3) is 10.9 Å². The number of benzene rings is 2. The van der Waals surface area contributed by atoms with Crippen molar-refractivity contribution in [3.63, 3.8) is 0 Å². The molecular formula is C24H27Cl2N5O. The van der Waals surface area contributed by atoms with Crippen LogP contribution in [0.2, 0.25) is 0 Å². The average Bonchev–Trinajstić information content (AvgIpc) is 3.32. The normalized spacial score (nSPS) is 13.9. The number of nitrogens with zero attached hydrogens (tertiary/aromatic N) is 4. The van der Waals surface area contributed by atoms with Crippen molar-refractivity contribution in [2.24, 2.45) is 0 Å². The fraction of sp³-hybridized carbons (Fsp3) is 0.250. The number of rotatable bonds is 6. The molecule has 0 aliphatic carbocycles. The molecule has 5 rings (SSSR count). The van der Waals surface area contributed by atoms with Gasteiger partial charge in [-0.1, -0.05) is 42.5 Å². The summed E-state index contributed by atoms with van der Waals surface area (Å²) < 4.78 is 5.45. The third kappa shape index (κ3) is 5.51. The van der Waals surface area contributed by atoms with Crippen LogP contribution in [0.5, 0.6) is 0 Å². The van der Waals surface area contributed by atoms with Crippen molar-refractivity contribution >= 4 is 47.5 Å². The van der Waals surface area contributed by atoms with Crippen LogP contribution in [-0.2, 0) is 13.1 Å². The third-order valence-corrected chi connectivity index (χ3v) is 5.51. The monoisotopic (exact) mass is 471 g/mol. The maximum atomic E-state index is 5.45. The van der Waals surface area contributed by atoms with Crippen LogP contribution in [0.1, 0.15) is 11.3 Å². The van der Waals surface area contributed by atoms with Crippen LogP contribution < -0.4 is 10.2 Å². The first-order valence-corrected chi connectivity index (χ1v) is 10.4. The average molecular weight is 472 g/mol. The molecule has 3 heterocycles. The van der Waals surface area contributed by atoms with Crippen molar-refractivity contribution in [3.8, 4) is 0 Å². The lowest BCUT2D eigenvalue weighted by Gasteiger charge is -2.35. The molecule has 1 fully saturated rings. The van der Waals surface area contributed by atoms with E-state index in [2.05, 4.69) is 51.5 Å². The van der Waals surface area contributed by atoms with Crippen molar-refractivity contribution in [1.29, 1.82) is 0 Å². The molecule has 0 radical (unpaired) electrons. The van der Waals surface area contributed by atoms with E-state index >= 15 is 0 Å². The number of anilines is 2. The van der Waals surface area contributed by atoms with Gasteiger partial charge >= 0.3 is 0 Å². The molecule has 168 valence electrons. The van der Waals surface area contributed by atoms with Crippen LogP contribution in [-0.4, -0.2) is 41.0 Å². The van der Waals surface area contributed by atoms with Crippen LogP contribution in [0.15, 0.2) is 77.4 Å². The largest absolute Gasteiger partial charge is 0.467 e. The number of furan rings is 1. The quantitative estimate of drug-likeness (QED) is 0.426. The van der Waals surface area contributed by atoms with E-state index in [1.165, 1.54) is 5.56 Å². The Labute approximate surface area is 200 Å². The molecule has 1 saturated heterocycles. The second-order valence-corrected chi connectivity index (χ2v) is 7.57. The van der Waals surface area contributed by atoms with Gasteiger partial charge in [0.05, 0.1) is 18.3 Å². The van der Waals surface area contributed by atoms with Crippen molar-refractivity contribution in [2.75, 3.05) is 36.4 Å². The maximum Gasteiger partial charge on any atom is 0.227 e. The second kappa shape index (κ2) is 11.2. The molecule has 0 saturated carbocycles. The molecule has 2 aromatic carbocycles. The van der Waals surface area contributed by atoms with E-state index in [1.807, 2.05) is 30.3 Å². The lowest BCUT2D eigenvalue weighted by Crippen LogP contribution is -2.46. The molecule has 1 aliphatic heterocycles. The summed E-state index contributed by atoms with van der Waals surface area (Å²) in [5.74, 6) is 2.52. The Morgan fingerprint density at radius 3 is 2.31 bits per heavy atom. The predicted molar refractivity (Wildman–Crippen MR) is 134 cm³/mol. The highest BCUT2D eigenvalue weighted by molar-refractivity contribution is 5.90. The Morgan fingerprint density at radius 1 is 0.812 bits per heavy atom. The lowest BCUT2D eigenvalue weighted by atomic mass is 10.2. The SMILES string of the molecule is Cl.Cl.c1ccc(CN2CCN(c3nc(NCc4ccco4)c4ccccc4n3)CC2)cc1. The van der Waals surface area contributed by atoms with Crippen LogP contribution in [0.3, 0.4) is 0 Å². The molecule has 0 atom stereocenters. The van der Waals surface area contributed by atoms with Gasteiger partial charge in [0.1, 0.15) is 11.6 Å². The Kier molecular flexibility index (Phi) is 8.33. The third-order valence-electron chi connectivity index (χ3n) is 5.51. The summed E-state index contributed by atoms with van der Waals surface area (Å²) in [5, 5.41) is 4.45. The number of aromatic nitrogens is 2. The number of fused-ring (bicyclic) bond motifs is 1. The predicted octanol–water partition coefficient (Wildman–Crippen LogP) is 5.00. The van der Waals surface area contributed by atoms with Crippen molar-refractivity contribution in [2.45, 2.75) is 13.1 Å². The van der Waals surface area contributed by atoms with Crippen LogP contribution >= 0.6 is 24.8 Å². The minimum atomic E-state index is 0. The van der Waals surface area contributed by atoms with E-state index in [9.17, 15) is 0 Å². The van der Waals surface area contributed by atoms with Gasteiger partial charge in [-0.05, 0) is 29.8 Å². The molecule has 4 aromatic rings. The number of hydrogen-bond donors (Lipinski definition) is 1. The van der Waals surface area contributed by atoms with Gasteiger partial charge < -0.3 is 14.6 Å². The summed E-state index contributed by atoms with van der Waals surface area (Å²) in [6.07, 6.45) is 1.69. The number of nitrogens with one attached hydrogen (secondary N) is 1. The zero-order chi connectivity index (χ0) is 20.2. The van der Waals surface area contributed by atoms with Gasteiger partial charge in [-0.25, -0.2) is 4.98 Å². The molecule has 0 unspecified atom stereocenters. The maximum absolute atomic E-state index is 5.45. The molecule has 6 nitrogen and oxygen atoms in total. The molecule has 8 heteroatoms. The minimum Gasteiger partial charge on any atom is -0.467 e. The summed E-state index contributed by atoms with van der Waals surface area (Å²) in [6, 6.07) is 22.7. The highest BCUT2D eigenvalue weighted by Crippen LogP contribution is 2.25. The van der Waals surface area contributed by atoms with E-state index in [0.29, 0.717) is 6.54 Å². The topological polar surface area (TPSA) is 57.4 Å². The van der Waals surface area contributed by atoms with Gasteiger partial charge in [-0.2, -0.15) is 4.98 Å². The number of piperazine rings is 1. The summed E-state index contributed by atoms with van der Waals surface area (Å²) in [5.41, 5.74) is 2.31. The fourth-order valence-corrected chi connectivity index (χ4v) is 3.87. The van der Waals surface area contributed by atoms with E-state index in [1.54, 1.807) is 6.26 Å². The highest BCUT2D eigenvalue weighted by Gasteiger charge is 2.20. The number of hydrogen-bond acceptors (Lipinski definition) is 6. The van der Waals surface area contributed by atoms with Crippen LogP contribution in [0.4, 0.5) is 11.8 Å². The van der Waals surface area contributed by atoms with Crippen molar-refractivity contribution < 1.29 is 4.42 Å². The smallest absolute Gasteiger partial charge is 0.227 e. The zero-order valence-corrected chi connectivity index (χ0v) is 19.3. The Bertz CT molecular complexity index is 1100. The van der Waals surface area contributed by atoms with E-state index in [0.717, 1.165) is 61.2 Å². The molecule has 0 bridgehead atoms. The van der Waals surface area contributed by atoms with Crippen molar-refractivity contribution in [3.05, 3.63) is 84.3 Å². The van der Waals surface area contributed by atoms with Gasteiger partial charge in [0.2, 0.25) is 5.95 Å². The van der Waals surface area contributed by atoms with Gasteiger partial charge in [-0.15, -0.1) is 24.8 Å². The van der Waals surface area contributed by atoms with E-state index < -0.39 is 0 Å². The Morgan fingerprint density at radius 2 is 1.56 bits per heavy atom. The van der Waals surface area contributed by atoms with Crippen molar-refractivity contribution in [1.82, 2.24) is 14.9 Å². The van der Waals surface area contributed by atoms with Crippen LogP contribution in [0, 0.1) is 0 Å². The first-order valence-electron chi connectivity index (χ1n) is 10.4. The molecule has 2 aromatic heterocycles. The van der Waals surface area contributed by atoms with E-state index in [-0.39, 0.29) is 24.8 Å². The highest BCUT2D eigenvalue weighted by atomic mass is 35.5. The van der Waals surface area contributed by atoms with Gasteiger partial charge in [0.25, 0.3) is 0 Å². The minimum absolute atomic E-state index is 0. The lowest BCUT2D eigenvalue weighted by molar-refractivity contribution is 0.249. The molecule has 32 heavy (non-hydrogen) atoms. The molecule has 0 spiro atoms. The van der Waals surface area contributed by atoms with E-state index in [4.69, 9.17) is 14.4 Å². The summed E-state index contributed by atoms with van der Waals surface area (Å²) >= 11 is 0. The number of para-hydroxylation sites is 1. The first-order chi connectivity index (χ1) is 14.8. The second-order valence-electron chi connectivity index (χ2n) is 7.57. The zero-order valence-electron chi connectivity index (χ0n) is 17.7. The summed E-state index contributed by atoms with van der Waals surface area (Å²) in [6.45, 7) is 5.42. The Hall–Kier alpha value is -2.80. The summed E-state index contributed by atoms with van der Waals surface area (Å²) in [4.78, 5) is 14.5.